The zero-order chi connectivity index (χ0) is 24.5. The van der Waals surface area contributed by atoms with E-state index < -0.39 is 5.91 Å². The van der Waals surface area contributed by atoms with Crippen molar-refractivity contribution < 1.29 is 9.53 Å². The Morgan fingerprint density at radius 3 is 2.40 bits per heavy atom. The summed E-state index contributed by atoms with van der Waals surface area (Å²) in [5.41, 5.74) is 2.35. The maximum atomic E-state index is 13.1. The highest BCUT2D eigenvalue weighted by molar-refractivity contribution is 6.37. The number of aromatic nitrogens is 2. The van der Waals surface area contributed by atoms with Crippen LogP contribution in [0, 0.1) is 6.92 Å². The molecule has 0 unspecified atom stereocenters. The Hall–Kier alpha value is -3.71. The highest BCUT2D eigenvalue weighted by Gasteiger charge is 2.21. The fourth-order valence-electron chi connectivity index (χ4n) is 4.65. The van der Waals surface area contributed by atoms with Gasteiger partial charge in [0.1, 0.15) is 11.4 Å². The van der Waals surface area contributed by atoms with Gasteiger partial charge < -0.3 is 15.0 Å². The van der Waals surface area contributed by atoms with E-state index in [1.165, 1.54) is 4.68 Å². The van der Waals surface area contributed by atoms with Crippen molar-refractivity contribution in [3.63, 3.8) is 0 Å². The summed E-state index contributed by atoms with van der Waals surface area (Å²) < 4.78 is 9.14. The molecule has 1 saturated heterocycles. The summed E-state index contributed by atoms with van der Waals surface area (Å²) in [7, 11) is 1.78. The molecule has 7 nitrogen and oxygen atoms in total. The molecule has 2 heterocycles. The number of benzene rings is 3. The lowest BCUT2D eigenvalue weighted by Gasteiger charge is -2.22. The number of carbonyl (C=O) groups excluding carboxylic acids is 1. The largest absolute Gasteiger partial charge is 0.482 e. The first-order chi connectivity index (χ1) is 17.0. The molecule has 0 bridgehead atoms. The van der Waals surface area contributed by atoms with Crippen molar-refractivity contribution in [3.8, 4) is 11.4 Å². The lowest BCUT2D eigenvalue weighted by molar-refractivity contribution is -0.118. The van der Waals surface area contributed by atoms with Crippen molar-refractivity contribution in [3.05, 3.63) is 81.7 Å². The first kappa shape index (κ1) is 23.1. The van der Waals surface area contributed by atoms with Gasteiger partial charge in [0, 0.05) is 42.7 Å². The second kappa shape index (κ2) is 9.50. The van der Waals surface area contributed by atoms with Crippen molar-refractivity contribution >= 4 is 39.7 Å². The molecule has 1 aliphatic heterocycles. The molecule has 0 radical (unpaired) electrons. The predicted octanol–water partition coefficient (Wildman–Crippen LogP) is 4.91. The smallest absolute Gasteiger partial charge is 0.295 e. The second-order valence-corrected chi connectivity index (χ2v) is 9.10. The van der Waals surface area contributed by atoms with Crippen LogP contribution in [0.3, 0.4) is 0 Å². The standard InChI is InChI=1S/C27H27ClN4O3/c1-18-26(27(34)32(30(18)2)19-10-4-3-5-11-19)29-24(33)17-35-23-16-22(31-14-8-9-15-31)20-12-6-7-13-21(20)25(23)28/h3-7,10-13,16H,8-9,14-15,17H2,1-2H3,(H,29,33). The highest BCUT2D eigenvalue weighted by Crippen LogP contribution is 2.40. The van der Waals surface area contributed by atoms with E-state index in [0.29, 0.717) is 16.5 Å². The molecule has 1 aliphatic rings. The van der Waals surface area contributed by atoms with E-state index in [4.69, 9.17) is 16.3 Å². The molecule has 1 aromatic heterocycles. The normalized spacial score (nSPS) is 13.4. The monoisotopic (exact) mass is 490 g/mol. The van der Waals surface area contributed by atoms with Crippen LogP contribution < -0.4 is 20.5 Å². The Morgan fingerprint density at radius 1 is 1.03 bits per heavy atom. The minimum Gasteiger partial charge on any atom is -0.482 e. The summed E-state index contributed by atoms with van der Waals surface area (Å²) in [6.07, 6.45) is 2.29. The number of nitrogens with zero attached hydrogens (tertiary/aromatic N) is 3. The Bertz CT molecular complexity index is 1450. The van der Waals surface area contributed by atoms with E-state index in [1.54, 1.807) is 18.7 Å². The van der Waals surface area contributed by atoms with E-state index in [-0.39, 0.29) is 17.9 Å². The maximum Gasteiger partial charge on any atom is 0.295 e. The van der Waals surface area contributed by atoms with Gasteiger partial charge in [0.15, 0.2) is 6.61 Å². The lowest BCUT2D eigenvalue weighted by Crippen LogP contribution is -2.26. The molecule has 35 heavy (non-hydrogen) atoms. The third kappa shape index (κ3) is 4.28. The number of fused-ring (bicyclic) bond motifs is 1. The Balaban J connectivity index is 1.38. The number of ether oxygens (including phenoxy) is 1. The van der Waals surface area contributed by atoms with Gasteiger partial charge >= 0.3 is 0 Å². The maximum absolute atomic E-state index is 13.1. The summed E-state index contributed by atoms with van der Waals surface area (Å²) in [6, 6.07) is 19.2. The number of anilines is 2. The van der Waals surface area contributed by atoms with Crippen molar-refractivity contribution in [2.75, 3.05) is 29.9 Å². The minimum atomic E-state index is -0.428. The summed E-state index contributed by atoms with van der Waals surface area (Å²) >= 11 is 6.67. The molecule has 1 fully saturated rings. The molecule has 8 heteroatoms. The molecule has 3 aromatic carbocycles. The van der Waals surface area contributed by atoms with Crippen molar-refractivity contribution in [2.24, 2.45) is 7.05 Å². The van der Waals surface area contributed by atoms with E-state index >= 15 is 0 Å². The quantitative estimate of drug-likeness (QED) is 0.417. The van der Waals surface area contributed by atoms with Crippen LogP contribution in [0.2, 0.25) is 5.02 Å². The van der Waals surface area contributed by atoms with Gasteiger partial charge in [0.05, 0.1) is 16.4 Å². The third-order valence-corrected chi connectivity index (χ3v) is 6.94. The van der Waals surface area contributed by atoms with Gasteiger partial charge in [0.2, 0.25) is 0 Å². The van der Waals surface area contributed by atoms with Crippen LogP contribution in [0.15, 0.2) is 65.5 Å². The average molecular weight is 491 g/mol. The highest BCUT2D eigenvalue weighted by atomic mass is 35.5. The number of amides is 1. The van der Waals surface area contributed by atoms with Crippen LogP contribution in [0.5, 0.6) is 5.75 Å². The molecule has 0 spiro atoms. The number of hydrogen-bond donors (Lipinski definition) is 1. The van der Waals surface area contributed by atoms with E-state index in [9.17, 15) is 9.59 Å². The summed E-state index contributed by atoms with van der Waals surface area (Å²) in [5.74, 6) is 0.0249. The zero-order valence-electron chi connectivity index (χ0n) is 19.8. The Kier molecular flexibility index (Phi) is 6.26. The number of nitrogens with one attached hydrogen (secondary N) is 1. The van der Waals surface area contributed by atoms with E-state index in [0.717, 1.165) is 48.1 Å². The summed E-state index contributed by atoms with van der Waals surface area (Å²) in [6.45, 7) is 3.48. The zero-order valence-corrected chi connectivity index (χ0v) is 20.5. The molecule has 1 amide bonds. The number of para-hydroxylation sites is 1. The van der Waals surface area contributed by atoms with Crippen LogP contribution >= 0.6 is 11.6 Å². The molecule has 180 valence electrons. The van der Waals surface area contributed by atoms with Gasteiger partial charge in [-0.15, -0.1) is 0 Å². The molecule has 0 saturated carbocycles. The van der Waals surface area contributed by atoms with Gasteiger partial charge in [-0.3, -0.25) is 14.3 Å². The Morgan fingerprint density at radius 2 is 1.69 bits per heavy atom. The van der Waals surface area contributed by atoms with Crippen molar-refractivity contribution in [1.29, 1.82) is 0 Å². The second-order valence-electron chi connectivity index (χ2n) is 8.72. The Labute approximate surface area is 208 Å². The molecular formula is C27H27ClN4O3. The van der Waals surface area contributed by atoms with E-state index in [1.807, 2.05) is 54.6 Å². The summed E-state index contributed by atoms with van der Waals surface area (Å²) in [5, 5.41) is 5.16. The number of carbonyl (C=O) groups is 1. The summed E-state index contributed by atoms with van der Waals surface area (Å²) in [4.78, 5) is 28.2. The van der Waals surface area contributed by atoms with Gasteiger partial charge in [-0.25, -0.2) is 4.68 Å². The van der Waals surface area contributed by atoms with Crippen LogP contribution in [-0.2, 0) is 11.8 Å². The molecular weight excluding hydrogens is 464 g/mol. The van der Waals surface area contributed by atoms with Crippen molar-refractivity contribution in [2.45, 2.75) is 19.8 Å². The van der Waals surface area contributed by atoms with Gasteiger partial charge in [-0.1, -0.05) is 54.1 Å². The molecule has 1 N–H and O–H groups in total. The lowest BCUT2D eigenvalue weighted by atomic mass is 10.1. The molecule has 0 atom stereocenters. The average Bonchev–Trinajstić information content (AvgIpc) is 3.48. The molecule has 5 rings (SSSR count). The fraction of sp³-hybridized carbons (Fsp3) is 0.259. The predicted molar refractivity (Wildman–Crippen MR) is 140 cm³/mol. The molecule has 0 aliphatic carbocycles. The third-order valence-electron chi connectivity index (χ3n) is 6.55. The first-order valence-corrected chi connectivity index (χ1v) is 12.1. The van der Waals surface area contributed by atoms with E-state index in [2.05, 4.69) is 16.3 Å². The van der Waals surface area contributed by atoms with Crippen LogP contribution in [0.4, 0.5) is 11.4 Å². The number of halogens is 1. The van der Waals surface area contributed by atoms with Crippen LogP contribution in [0.1, 0.15) is 18.5 Å². The topological polar surface area (TPSA) is 68.5 Å². The first-order valence-electron chi connectivity index (χ1n) is 11.7. The van der Waals surface area contributed by atoms with Gasteiger partial charge in [-0.05, 0) is 31.9 Å². The van der Waals surface area contributed by atoms with Gasteiger partial charge in [0.25, 0.3) is 11.5 Å². The van der Waals surface area contributed by atoms with Crippen LogP contribution in [0.25, 0.3) is 16.5 Å². The minimum absolute atomic E-state index is 0.229. The number of rotatable bonds is 6. The number of hydrogen-bond acceptors (Lipinski definition) is 4. The SMILES string of the molecule is Cc1c(NC(=O)COc2cc(N3CCCC3)c3ccccc3c2Cl)c(=O)n(-c2ccccc2)n1C. The van der Waals surface area contributed by atoms with Crippen LogP contribution in [-0.4, -0.2) is 35.0 Å². The molecule has 4 aromatic rings. The van der Waals surface area contributed by atoms with Crippen molar-refractivity contribution in [1.82, 2.24) is 9.36 Å². The van der Waals surface area contributed by atoms with Gasteiger partial charge in [-0.2, -0.15) is 0 Å². The fourth-order valence-corrected chi connectivity index (χ4v) is 4.93.